The summed E-state index contributed by atoms with van der Waals surface area (Å²) < 4.78 is 0. The molecular weight excluding hydrogens is 222 g/mol. The predicted molar refractivity (Wildman–Crippen MR) is 66.0 cm³/mol. The summed E-state index contributed by atoms with van der Waals surface area (Å²) >= 11 is 5.78. The van der Waals surface area contributed by atoms with Gasteiger partial charge in [-0.1, -0.05) is 11.6 Å². The first-order chi connectivity index (χ1) is 7.75. The normalized spacial score (nSPS) is 19.9. The van der Waals surface area contributed by atoms with Gasteiger partial charge in [0.1, 0.15) is 0 Å². The topological polar surface area (TPSA) is 29.1 Å². The number of hydrogen-bond acceptors (Lipinski definition) is 2. The van der Waals surface area contributed by atoms with E-state index >= 15 is 0 Å². The molecular formula is C13H16ClNO. The summed E-state index contributed by atoms with van der Waals surface area (Å²) in [5.74, 6) is 0.213. The highest BCUT2D eigenvalue weighted by Gasteiger charge is 2.15. The molecule has 16 heavy (non-hydrogen) atoms. The Hall–Kier alpha value is -0.860. The number of nitrogens with one attached hydrogen (secondary N) is 1. The van der Waals surface area contributed by atoms with Gasteiger partial charge < -0.3 is 5.32 Å². The van der Waals surface area contributed by atoms with Crippen molar-refractivity contribution in [2.45, 2.75) is 31.7 Å². The Morgan fingerprint density at radius 1 is 1.38 bits per heavy atom. The molecule has 1 aromatic rings. The minimum Gasteiger partial charge on any atom is -0.314 e. The third kappa shape index (κ3) is 3.06. The van der Waals surface area contributed by atoms with Crippen LogP contribution in [0.5, 0.6) is 0 Å². The van der Waals surface area contributed by atoms with Crippen LogP contribution >= 0.6 is 11.6 Å². The van der Waals surface area contributed by atoms with Crippen LogP contribution in [0.4, 0.5) is 0 Å². The molecule has 1 unspecified atom stereocenters. The van der Waals surface area contributed by atoms with Crippen molar-refractivity contribution in [3.63, 3.8) is 0 Å². The molecule has 0 amide bonds. The molecule has 1 N–H and O–H groups in total. The molecule has 1 fully saturated rings. The summed E-state index contributed by atoms with van der Waals surface area (Å²) in [5.41, 5.74) is 0.766. The highest BCUT2D eigenvalue weighted by Crippen LogP contribution is 2.15. The van der Waals surface area contributed by atoms with Crippen molar-refractivity contribution in [3.8, 4) is 0 Å². The maximum absolute atomic E-state index is 11.8. The molecule has 1 saturated heterocycles. The Kier molecular flexibility index (Phi) is 3.97. The third-order valence-corrected chi connectivity index (χ3v) is 3.30. The standard InChI is InChI=1S/C13H16ClNO/c14-11-5-3-10(4-6-11)13(16)8-7-12-2-1-9-15-12/h3-6,12,15H,1-2,7-9H2. The second-order valence-corrected chi connectivity index (χ2v) is 4.70. The van der Waals surface area contributed by atoms with E-state index in [0.717, 1.165) is 18.5 Å². The Balaban J connectivity index is 1.85. The van der Waals surface area contributed by atoms with Gasteiger partial charge in [-0.2, -0.15) is 0 Å². The fraction of sp³-hybridized carbons (Fsp3) is 0.462. The van der Waals surface area contributed by atoms with E-state index in [-0.39, 0.29) is 5.78 Å². The lowest BCUT2D eigenvalue weighted by Gasteiger charge is -2.08. The SMILES string of the molecule is O=C(CCC1CCCN1)c1ccc(Cl)cc1. The molecule has 2 rings (SSSR count). The van der Waals surface area contributed by atoms with Crippen LogP contribution in [0.2, 0.25) is 5.02 Å². The third-order valence-electron chi connectivity index (χ3n) is 3.05. The smallest absolute Gasteiger partial charge is 0.162 e. The zero-order chi connectivity index (χ0) is 11.4. The number of benzene rings is 1. The van der Waals surface area contributed by atoms with Gasteiger partial charge in [0, 0.05) is 23.0 Å². The molecule has 1 aromatic carbocycles. The molecule has 3 heteroatoms. The second kappa shape index (κ2) is 5.46. The van der Waals surface area contributed by atoms with Crippen molar-refractivity contribution in [2.24, 2.45) is 0 Å². The molecule has 0 saturated carbocycles. The van der Waals surface area contributed by atoms with E-state index in [0.29, 0.717) is 17.5 Å². The van der Waals surface area contributed by atoms with Gasteiger partial charge in [0.25, 0.3) is 0 Å². The van der Waals surface area contributed by atoms with Crippen LogP contribution in [0.3, 0.4) is 0 Å². The highest BCUT2D eigenvalue weighted by molar-refractivity contribution is 6.30. The van der Waals surface area contributed by atoms with E-state index in [1.165, 1.54) is 12.8 Å². The van der Waals surface area contributed by atoms with Gasteiger partial charge in [-0.25, -0.2) is 0 Å². The van der Waals surface area contributed by atoms with Crippen molar-refractivity contribution < 1.29 is 4.79 Å². The summed E-state index contributed by atoms with van der Waals surface area (Å²) in [5, 5.41) is 4.07. The summed E-state index contributed by atoms with van der Waals surface area (Å²) in [7, 11) is 0. The number of carbonyl (C=O) groups excluding carboxylic acids is 1. The van der Waals surface area contributed by atoms with E-state index in [1.54, 1.807) is 24.3 Å². The zero-order valence-electron chi connectivity index (χ0n) is 9.21. The average Bonchev–Trinajstić information content (AvgIpc) is 2.80. The maximum Gasteiger partial charge on any atom is 0.162 e. The van der Waals surface area contributed by atoms with Crippen molar-refractivity contribution in [2.75, 3.05) is 6.54 Å². The summed E-state index contributed by atoms with van der Waals surface area (Å²) in [4.78, 5) is 11.8. The van der Waals surface area contributed by atoms with Gasteiger partial charge >= 0.3 is 0 Å². The van der Waals surface area contributed by atoms with Crippen LogP contribution < -0.4 is 5.32 Å². The van der Waals surface area contributed by atoms with Crippen LogP contribution in [-0.4, -0.2) is 18.4 Å². The molecule has 0 spiro atoms. The van der Waals surface area contributed by atoms with Crippen molar-refractivity contribution in [3.05, 3.63) is 34.9 Å². The molecule has 1 heterocycles. The molecule has 86 valence electrons. The molecule has 1 aliphatic rings. The number of halogens is 1. The van der Waals surface area contributed by atoms with Gasteiger partial charge in [-0.05, 0) is 50.1 Å². The van der Waals surface area contributed by atoms with Gasteiger partial charge in [-0.15, -0.1) is 0 Å². The zero-order valence-corrected chi connectivity index (χ0v) is 9.96. The Bertz CT molecular complexity index is 355. The van der Waals surface area contributed by atoms with Crippen LogP contribution in [0.15, 0.2) is 24.3 Å². The largest absolute Gasteiger partial charge is 0.314 e. The first-order valence-electron chi connectivity index (χ1n) is 5.78. The summed E-state index contributed by atoms with van der Waals surface area (Å²) in [6.07, 6.45) is 4.01. The van der Waals surface area contributed by atoms with Crippen molar-refractivity contribution in [1.29, 1.82) is 0 Å². The van der Waals surface area contributed by atoms with E-state index in [9.17, 15) is 4.79 Å². The number of hydrogen-bond donors (Lipinski definition) is 1. The van der Waals surface area contributed by atoms with E-state index in [4.69, 9.17) is 11.6 Å². The molecule has 0 aliphatic carbocycles. The lowest BCUT2D eigenvalue weighted by Crippen LogP contribution is -2.22. The second-order valence-electron chi connectivity index (χ2n) is 4.26. The fourth-order valence-electron chi connectivity index (χ4n) is 2.09. The fourth-order valence-corrected chi connectivity index (χ4v) is 2.21. The lowest BCUT2D eigenvalue weighted by atomic mass is 10.0. The van der Waals surface area contributed by atoms with Gasteiger partial charge in [-0.3, -0.25) is 4.79 Å². The van der Waals surface area contributed by atoms with Gasteiger partial charge in [0.2, 0.25) is 0 Å². The monoisotopic (exact) mass is 237 g/mol. The van der Waals surface area contributed by atoms with E-state index in [2.05, 4.69) is 5.32 Å². The first kappa shape index (κ1) is 11.6. The summed E-state index contributed by atoms with van der Waals surface area (Å²) in [6.45, 7) is 1.10. The van der Waals surface area contributed by atoms with Gasteiger partial charge in [0.05, 0.1) is 0 Å². The van der Waals surface area contributed by atoms with Crippen molar-refractivity contribution in [1.82, 2.24) is 5.32 Å². The van der Waals surface area contributed by atoms with Crippen LogP contribution in [0.25, 0.3) is 0 Å². The average molecular weight is 238 g/mol. The van der Waals surface area contributed by atoms with Gasteiger partial charge in [0.15, 0.2) is 5.78 Å². The van der Waals surface area contributed by atoms with Crippen LogP contribution in [0.1, 0.15) is 36.0 Å². The Morgan fingerprint density at radius 3 is 2.75 bits per heavy atom. The molecule has 1 atom stereocenters. The lowest BCUT2D eigenvalue weighted by molar-refractivity contribution is 0.0976. The minimum atomic E-state index is 0.213. The van der Waals surface area contributed by atoms with Crippen LogP contribution in [-0.2, 0) is 0 Å². The van der Waals surface area contributed by atoms with Crippen molar-refractivity contribution >= 4 is 17.4 Å². The number of Topliss-reactive ketones (excluding diaryl/α,β-unsaturated/α-hetero) is 1. The number of rotatable bonds is 4. The number of ketones is 1. The molecule has 0 radical (unpaired) electrons. The number of carbonyl (C=O) groups is 1. The molecule has 2 nitrogen and oxygen atoms in total. The van der Waals surface area contributed by atoms with E-state index in [1.807, 2.05) is 0 Å². The molecule has 0 bridgehead atoms. The Labute approximate surface area is 101 Å². The highest BCUT2D eigenvalue weighted by atomic mass is 35.5. The van der Waals surface area contributed by atoms with E-state index < -0.39 is 0 Å². The first-order valence-corrected chi connectivity index (χ1v) is 6.15. The minimum absolute atomic E-state index is 0.213. The quantitative estimate of drug-likeness (QED) is 0.816. The molecule has 1 aliphatic heterocycles. The molecule has 0 aromatic heterocycles. The van der Waals surface area contributed by atoms with Crippen LogP contribution in [0, 0.1) is 0 Å². The summed E-state index contributed by atoms with van der Waals surface area (Å²) in [6, 6.07) is 7.67. The maximum atomic E-state index is 11.8. The Morgan fingerprint density at radius 2 is 2.12 bits per heavy atom. The predicted octanol–water partition coefficient (Wildman–Crippen LogP) is 3.05.